The molecule has 0 spiro atoms. The molecular weight excluding hydrogens is 288 g/mol. The highest BCUT2D eigenvalue weighted by Crippen LogP contribution is 2.38. The summed E-state index contributed by atoms with van der Waals surface area (Å²) in [6, 6.07) is 3.76. The van der Waals surface area contributed by atoms with Crippen LogP contribution in [0.2, 0.25) is 0 Å². The molecular formula is C14H16N4O2S. The van der Waals surface area contributed by atoms with Crippen molar-refractivity contribution in [2.24, 2.45) is 5.73 Å². The second kappa shape index (κ2) is 5.92. The van der Waals surface area contributed by atoms with Gasteiger partial charge in [0.05, 0.1) is 16.1 Å². The fourth-order valence-corrected chi connectivity index (χ4v) is 3.12. The van der Waals surface area contributed by atoms with E-state index in [2.05, 4.69) is 4.98 Å². The van der Waals surface area contributed by atoms with Crippen LogP contribution in [-0.4, -0.2) is 23.7 Å². The van der Waals surface area contributed by atoms with Crippen LogP contribution in [0.4, 0.5) is 10.7 Å². The molecule has 0 fully saturated rings. The Bertz CT molecular complexity index is 682. The van der Waals surface area contributed by atoms with E-state index in [9.17, 15) is 9.59 Å². The third-order valence-corrected chi connectivity index (χ3v) is 4.40. The monoisotopic (exact) mass is 304 g/mol. The summed E-state index contributed by atoms with van der Waals surface area (Å²) < 4.78 is 0. The second-order valence-corrected chi connectivity index (χ2v) is 5.66. The number of ketones is 1. The molecule has 0 aliphatic carbocycles. The van der Waals surface area contributed by atoms with Crippen molar-refractivity contribution >= 4 is 33.7 Å². The Hall–Kier alpha value is -2.41. The molecule has 110 valence electrons. The molecule has 2 heterocycles. The maximum absolute atomic E-state index is 11.6. The topological polar surface area (TPSA) is 102 Å². The van der Waals surface area contributed by atoms with Crippen molar-refractivity contribution in [3.63, 3.8) is 0 Å². The molecule has 0 aromatic carbocycles. The minimum atomic E-state index is -0.635. The zero-order valence-electron chi connectivity index (χ0n) is 11.8. The van der Waals surface area contributed by atoms with E-state index >= 15 is 0 Å². The molecule has 0 atom stereocenters. The maximum atomic E-state index is 11.6. The molecule has 0 aliphatic rings. The molecule has 7 heteroatoms. The number of carbonyl (C=O) groups is 2. The molecule has 0 radical (unpaired) electrons. The average molecular weight is 304 g/mol. The van der Waals surface area contributed by atoms with Gasteiger partial charge in [-0.3, -0.25) is 14.6 Å². The number of anilines is 2. The lowest BCUT2D eigenvalue weighted by molar-refractivity contribution is 0.100. The van der Waals surface area contributed by atoms with Gasteiger partial charge < -0.3 is 16.4 Å². The molecule has 0 unspecified atom stereocenters. The van der Waals surface area contributed by atoms with Gasteiger partial charge in [0, 0.05) is 32.9 Å². The molecule has 1 amide bonds. The Morgan fingerprint density at radius 2 is 2.14 bits per heavy atom. The highest BCUT2D eigenvalue weighted by Gasteiger charge is 2.24. The van der Waals surface area contributed by atoms with Gasteiger partial charge in [-0.25, -0.2) is 0 Å². The minimum absolute atomic E-state index is 0.160. The quantitative estimate of drug-likeness (QED) is 0.818. The number of carbonyl (C=O) groups excluding carboxylic acids is 2. The summed E-state index contributed by atoms with van der Waals surface area (Å²) >= 11 is 1.18. The molecule has 2 aromatic rings. The minimum Gasteiger partial charge on any atom is -0.397 e. The van der Waals surface area contributed by atoms with E-state index in [0.29, 0.717) is 16.4 Å². The van der Waals surface area contributed by atoms with Crippen molar-refractivity contribution in [3.05, 3.63) is 40.5 Å². The molecule has 6 nitrogen and oxygen atoms in total. The first-order valence-corrected chi connectivity index (χ1v) is 7.06. The largest absolute Gasteiger partial charge is 0.397 e. The number of amides is 1. The number of hydrogen-bond acceptors (Lipinski definition) is 6. The van der Waals surface area contributed by atoms with E-state index < -0.39 is 5.91 Å². The normalized spacial score (nSPS) is 10.4. The summed E-state index contributed by atoms with van der Waals surface area (Å²) in [6.45, 7) is 1.95. The predicted octanol–water partition coefficient (Wildman–Crippen LogP) is 1.66. The lowest BCUT2D eigenvalue weighted by Gasteiger charge is -2.18. The van der Waals surface area contributed by atoms with Crippen LogP contribution in [0.3, 0.4) is 0 Å². The maximum Gasteiger partial charge on any atom is 0.253 e. The number of primary amides is 1. The first kappa shape index (κ1) is 15.0. The van der Waals surface area contributed by atoms with Crippen LogP contribution >= 0.6 is 11.3 Å². The predicted molar refractivity (Wildman–Crippen MR) is 83.6 cm³/mol. The third-order valence-electron chi connectivity index (χ3n) is 2.98. The number of rotatable bonds is 5. The Morgan fingerprint density at radius 3 is 2.67 bits per heavy atom. The van der Waals surface area contributed by atoms with Gasteiger partial charge in [-0.1, -0.05) is 6.07 Å². The van der Waals surface area contributed by atoms with Crippen molar-refractivity contribution in [2.45, 2.75) is 13.5 Å². The number of nitrogens with two attached hydrogens (primary N) is 2. The highest BCUT2D eigenvalue weighted by atomic mass is 32.1. The van der Waals surface area contributed by atoms with E-state index in [1.54, 1.807) is 12.4 Å². The second-order valence-electron chi connectivity index (χ2n) is 4.66. The van der Waals surface area contributed by atoms with Gasteiger partial charge in [0.15, 0.2) is 5.78 Å². The molecule has 0 aliphatic heterocycles. The average Bonchev–Trinajstić information content (AvgIpc) is 2.78. The summed E-state index contributed by atoms with van der Waals surface area (Å²) in [6.07, 6.45) is 3.43. The molecule has 2 aromatic heterocycles. The first-order valence-electron chi connectivity index (χ1n) is 6.24. The van der Waals surface area contributed by atoms with E-state index in [0.717, 1.165) is 5.56 Å². The van der Waals surface area contributed by atoms with Gasteiger partial charge in [-0.05, 0) is 11.6 Å². The highest BCUT2D eigenvalue weighted by molar-refractivity contribution is 7.19. The summed E-state index contributed by atoms with van der Waals surface area (Å²) in [7, 11) is 1.81. The summed E-state index contributed by atoms with van der Waals surface area (Å²) in [5, 5.41) is 0.592. The standard InChI is InChI=1S/C14H16N4O2S/c1-8(19)12-11(15)10(13(16)20)14(21-12)18(2)7-9-4-3-5-17-6-9/h3-6H,7,15H2,1-2H3,(H2,16,20). The van der Waals surface area contributed by atoms with Crippen LogP contribution < -0.4 is 16.4 Å². The van der Waals surface area contributed by atoms with Crippen LogP contribution in [-0.2, 0) is 6.54 Å². The number of hydrogen-bond donors (Lipinski definition) is 2. The van der Waals surface area contributed by atoms with Gasteiger partial charge in [0.2, 0.25) is 0 Å². The molecule has 0 saturated heterocycles. The van der Waals surface area contributed by atoms with Gasteiger partial charge in [0.25, 0.3) is 5.91 Å². The number of pyridine rings is 1. The van der Waals surface area contributed by atoms with E-state index in [-0.39, 0.29) is 17.0 Å². The van der Waals surface area contributed by atoms with Crippen LogP contribution in [0.5, 0.6) is 0 Å². The number of aromatic nitrogens is 1. The number of nitrogen functional groups attached to an aromatic ring is 1. The fourth-order valence-electron chi connectivity index (χ4n) is 2.04. The number of thiophene rings is 1. The summed E-state index contributed by atoms with van der Waals surface area (Å²) in [5.74, 6) is -0.815. The fraction of sp³-hybridized carbons (Fsp3) is 0.214. The van der Waals surface area contributed by atoms with Crippen LogP contribution in [0.1, 0.15) is 32.5 Å². The Kier molecular flexibility index (Phi) is 4.23. The van der Waals surface area contributed by atoms with Crippen molar-refractivity contribution in [2.75, 3.05) is 17.7 Å². The van der Waals surface area contributed by atoms with Gasteiger partial charge >= 0.3 is 0 Å². The zero-order valence-corrected chi connectivity index (χ0v) is 12.6. The van der Waals surface area contributed by atoms with E-state index in [1.807, 2.05) is 24.1 Å². The third kappa shape index (κ3) is 3.03. The smallest absolute Gasteiger partial charge is 0.253 e. The van der Waals surface area contributed by atoms with Gasteiger partial charge in [-0.2, -0.15) is 0 Å². The molecule has 4 N–H and O–H groups in total. The lowest BCUT2D eigenvalue weighted by Crippen LogP contribution is -2.21. The van der Waals surface area contributed by atoms with Crippen LogP contribution in [0.25, 0.3) is 0 Å². The molecule has 0 bridgehead atoms. The van der Waals surface area contributed by atoms with E-state index in [4.69, 9.17) is 11.5 Å². The zero-order chi connectivity index (χ0) is 15.6. The summed E-state index contributed by atoms with van der Waals surface area (Å²) in [4.78, 5) is 29.5. The summed E-state index contributed by atoms with van der Waals surface area (Å²) in [5.41, 5.74) is 12.6. The molecule has 0 saturated carbocycles. The molecule has 21 heavy (non-hydrogen) atoms. The first-order chi connectivity index (χ1) is 9.91. The van der Waals surface area contributed by atoms with Crippen molar-refractivity contribution in [3.8, 4) is 0 Å². The van der Waals surface area contributed by atoms with Crippen LogP contribution in [0.15, 0.2) is 24.5 Å². The Balaban J connectivity index is 2.40. The van der Waals surface area contributed by atoms with Crippen molar-refractivity contribution in [1.82, 2.24) is 4.98 Å². The lowest BCUT2D eigenvalue weighted by atomic mass is 10.2. The van der Waals surface area contributed by atoms with Gasteiger partial charge in [0.1, 0.15) is 5.00 Å². The molecule has 2 rings (SSSR count). The van der Waals surface area contributed by atoms with Gasteiger partial charge in [-0.15, -0.1) is 11.3 Å². The van der Waals surface area contributed by atoms with E-state index in [1.165, 1.54) is 18.3 Å². The van der Waals surface area contributed by atoms with Crippen molar-refractivity contribution < 1.29 is 9.59 Å². The van der Waals surface area contributed by atoms with Crippen LogP contribution in [0, 0.1) is 0 Å². The Labute approximate surface area is 126 Å². The van der Waals surface area contributed by atoms with Crippen molar-refractivity contribution in [1.29, 1.82) is 0 Å². The number of Topliss-reactive ketones (excluding diaryl/α,β-unsaturated/α-hetero) is 1. The number of nitrogens with zero attached hydrogens (tertiary/aromatic N) is 2. The Morgan fingerprint density at radius 1 is 1.43 bits per heavy atom. The SMILES string of the molecule is CC(=O)c1sc(N(C)Cc2cccnc2)c(C(N)=O)c1N.